The zero-order valence-electron chi connectivity index (χ0n) is 20.9. The van der Waals surface area contributed by atoms with Gasteiger partial charge in [-0.2, -0.15) is 10.1 Å². The molecule has 0 radical (unpaired) electrons. The number of halogens is 1. The molecule has 10 nitrogen and oxygen atoms in total. The molecule has 2 unspecified atom stereocenters. The first-order valence-electron chi connectivity index (χ1n) is 12.7. The van der Waals surface area contributed by atoms with Gasteiger partial charge in [-0.3, -0.25) is 4.68 Å². The van der Waals surface area contributed by atoms with Crippen molar-refractivity contribution < 1.29 is 4.79 Å². The number of anilines is 3. The molecule has 2 amide bonds. The number of nitrogens with zero attached hydrogens (tertiary/aromatic N) is 7. The van der Waals surface area contributed by atoms with Crippen LogP contribution in [0.3, 0.4) is 0 Å². The Balaban J connectivity index is 1.17. The Kier molecular flexibility index (Phi) is 7.02. The average molecular weight is 502 g/mol. The van der Waals surface area contributed by atoms with Gasteiger partial charge in [0.15, 0.2) is 0 Å². The standard InChI is InChI=1S/C24H36ClN9O/c1-16-21(15-34(30-16)19-12-17-6-7-18(13-19)32(17)3)28-23-27-14-20(25)22(29-23)26-8-4-10-33-11-5-9-31(2)24(33)35/h14-15,17-19H,4-13H2,1-3H3,(H2,26,27,28,29). The molecule has 5 rings (SSSR count). The van der Waals surface area contributed by atoms with Gasteiger partial charge < -0.3 is 25.3 Å². The van der Waals surface area contributed by atoms with Gasteiger partial charge in [0.25, 0.3) is 0 Å². The summed E-state index contributed by atoms with van der Waals surface area (Å²) in [6, 6.07) is 1.88. The van der Waals surface area contributed by atoms with E-state index in [2.05, 4.69) is 43.4 Å². The topological polar surface area (TPSA) is 94.5 Å². The molecule has 2 N–H and O–H groups in total. The average Bonchev–Trinajstić information content (AvgIpc) is 3.27. The highest BCUT2D eigenvalue weighted by atomic mass is 35.5. The fraction of sp³-hybridized carbons (Fsp3) is 0.667. The van der Waals surface area contributed by atoms with E-state index >= 15 is 0 Å². The quantitative estimate of drug-likeness (QED) is 0.532. The first kappa shape index (κ1) is 24.1. The van der Waals surface area contributed by atoms with E-state index in [0.29, 0.717) is 48.0 Å². The van der Waals surface area contributed by atoms with Crippen molar-refractivity contribution in [3.05, 3.63) is 23.1 Å². The molecular formula is C24H36ClN9O. The summed E-state index contributed by atoms with van der Waals surface area (Å²) < 4.78 is 2.13. The molecule has 2 bridgehead atoms. The minimum absolute atomic E-state index is 0.103. The summed E-state index contributed by atoms with van der Waals surface area (Å²) in [5.41, 5.74) is 1.85. The minimum Gasteiger partial charge on any atom is -0.369 e. The number of hydrogen-bond donors (Lipinski definition) is 2. The Morgan fingerprint density at radius 3 is 2.69 bits per heavy atom. The van der Waals surface area contributed by atoms with Crippen LogP contribution in [0.2, 0.25) is 5.02 Å². The van der Waals surface area contributed by atoms with E-state index in [4.69, 9.17) is 16.7 Å². The second kappa shape index (κ2) is 10.2. The number of fused-ring (bicyclic) bond motifs is 2. The largest absolute Gasteiger partial charge is 0.369 e. The van der Waals surface area contributed by atoms with Crippen LogP contribution in [0.4, 0.5) is 22.2 Å². The van der Waals surface area contributed by atoms with Gasteiger partial charge in [0.05, 0.1) is 23.6 Å². The van der Waals surface area contributed by atoms with Gasteiger partial charge in [0, 0.05) is 51.5 Å². The fourth-order valence-electron chi connectivity index (χ4n) is 5.68. The van der Waals surface area contributed by atoms with Crippen molar-refractivity contribution in [2.75, 3.05) is 50.9 Å². The molecule has 2 aromatic rings. The zero-order valence-corrected chi connectivity index (χ0v) is 21.6. The Labute approximate surface area is 212 Å². The predicted octanol–water partition coefficient (Wildman–Crippen LogP) is 3.74. The van der Waals surface area contributed by atoms with Gasteiger partial charge in [-0.05, 0) is 52.5 Å². The monoisotopic (exact) mass is 501 g/mol. The number of carbonyl (C=O) groups excluding carboxylic acids is 1. The summed E-state index contributed by atoms with van der Waals surface area (Å²) in [5.74, 6) is 1.07. The maximum Gasteiger partial charge on any atom is 0.319 e. The SMILES string of the molecule is Cc1nn(C2CC3CCC(C2)N3C)cc1Nc1ncc(Cl)c(NCCCN2CCCN(C)C2=O)n1. The summed E-state index contributed by atoms with van der Waals surface area (Å²) >= 11 is 6.34. The van der Waals surface area contributed by atoms with Gasteiger partial charge >= 0.3 is 6.03 Å². The van der Waals surface area contributed by atoms with E-state index in [9.17, 15) is 4.79 Å². The Hall–Kier alpha value is -2.59. The van der Waals surface area contributed by atoms with E-state index in [1.54, 1.807) is 11.1 Å². The van der Waals surface area contributed by atoms with Crippen molar-refractivity contribution >= 4 is 35.1 Å². The van der Waals surface area contributed by atoms with Crippen molar-refractivity contribution in [3.63, 3.8) is 0 Å². The normalized spacial score (nSPS) is 24.8. The molecule has 5 heterocycles. The summed E-state index contributed by atoms with van der Waals surface area (Å²) in [6.45, 7) is 5.03. The number of rotatable bonds is 8. The molecular weight excluding hydrogens is 466 g/mol. The second-order valence-electron chi connectivity index (χ2n) is 10.1. The lowest BCUT2D eigenvalue weighted by Gasteiger charge is -2.36. The van der Waals surface area contributed by atoms with Gasteiger partial charge in [0.1, 0.15) is 10.8 Å². The second-order valence-corrected chi connectivity index (χ2v) is 10.5. The molecule has 3 aliphatic rings. The maximum absolute atomic E-state index is 12.2. The Morgan fingerprint density at radius 2 is 1.91 bits per heavy atom. The molecule has 3 fully saturated rings. The third-order valence-electron chi connectivity index (χ3n) is 7.77. The third kappa shape index (κ3) is 5.18. The molecule has 2 aromatic heterocycles. The molecule has 11 heteroatoms. The van der Waals surface area contributed by atoms with Crippen molar-refractivity contribution in [2.24, 2.45) is 0 Å². The van der Waals surface area contributed by atoms with Crippen LogP contribution in [0.5, 0.6) is 0 Å². The number of piperidine rings is 1. The first-order valence-corrected chi connectivity index (χ1v) is 13.1. The van der Waals surface area contributed by atoms with Crippen molar-refractivity contribution in [3.8, 4) is 0 Å². The van der Waals surface area contributed by atoms with Crippen LogP contribution < -0.4 is 10.6 Å². The van der Waals surface area contributed by atoms with Crippen LogP contribution in [0.1, 0.15) is 50.3 Å². The minimum atomic E-state index is 0.103. The van der Waals surface area contributed by atoms with E-state index in [0.717, 1.165) is 50.2 Å². The lowest BCUT2D eigenvalue weighted by molar-refractivity contribution is 0.131. The number of urea groups is 1. The molecule has 2 atom stereocenters. The number of nitrogens with one attached hydrogen (secondary N) is 2. The molecule has 190 valence electrons. The predicted molar refractivity (Wildman–Crippen MR) is 137 cm³/mol. The molecule has 3 saturated heterocycles. The van der Waals surface area contributed by atoms with Crippen molar-refractivity contribution in [1.82, 2.24) is 34.4 Å². The molecule has 0 saturated carbocycles. The van der Waals surface area contributed by atoms with Crippen molar-refractivity contribution in [1.29, 1.82) is 0 Å². The zero-order chi connectivity index (χ0) is 24.5. The number of amides is 2. The van der Waals surface area contributed by atoms with Crippen LogP contribution in [-0.2, 0) is 0 Å². The van der Waals surface area contributed by atoms with Gasteiger partial charge in [-0.25, -0.2) is 9.78 Å². The lowest BCUT2D eigenvalue weighted by Crippen LogP contribution is -2.47. The number of hydrogen-bond acceptors (Lipinski definition) is 7. The highest BCUT2D eigenvalue weighted by Crippen LogP contribution is 2.40. The third-order valence-corrected chi connectivity index (χ3v) is 8.05. The Morgan fingerprint density at radius 1 is 1.14 bits per heavy atom. The smallest absolute Gasteiger partial charge is 0.319 e. The van der Waals surface area contributed by atoms with E-state index in [1.165, 1.54) is 12.8 Å². The fourth-order valence-corrected chi connectivity index (χ4v) is 5.84. The van der Waals surface area contributed by atoms with Crippen LogP contribution in [0, 0.1) is 6.92 Å². The summed E-state index contributed by atoms with van der Waals surface area (Å²) in [5, 5.41) is 11.9. The van der Waals surface area contributed by atoms with Crippen molar-refractivity contribution in [2.45, 2.75) is 63.6 Å². The van der Waals surface area contributed by atoms with Gasteiger partial charge in [-0.15, -0.1) is 0 Å². The van der Waals surface area contributed by atoms with Gasteiger partial charge in [0.2, 0.25) is 5.95 Å². The first-order chi connectivity index (χ1) is 16.9. The van der Waals surface area contributed by atoms with E-state index in [-0.39, 0.29) is 6.03 Å². The van der Waals surface area contributed by atoms with Crippen LogP contribution >= 0.6 is 11.6 Å². The van der Waals surface area contributed by atoms with E-state index in [1.807, 2.05) is 18.9 Å². The van der Waals surface area contributed by atoms with Gasteiger partial charge in [-0.1, -0.05) is 11.6 Å². The number of carbonyl (C=O) groups is 1. The molecule has 35 heavy (non-hydrogen) atoms. The summed E-state index contributed by atoms with van der Waals surface area (Å²) in [4.78, 5) is 27.4. The number of aromatic nitrogens is 4. The summed E-state index contributed by atoms with van der Waals surface area (Å²) in [7, 11) is 4.11. The number of aryl methyl sites for hydroxylation is 1. The molecule has 0 aromatic carbocycles. The highest BCUT2D eigenvalue weighted by molar-refractivity contribution is 6.32. The van der Waals surface area contributed by atoms with Crippen LogP contribution in [0.15, 0.2) is 12.4 Å². The molecule has 0 aliphatic carbocycles. The maximum atomic E-state index is 12.2. The molecule has 3 aliphatic heterocycles. The summed E-state index contributed by atoms with van der Waals surface area (Å²) in [6.07, 6.45) is 10.4. The molecule has 0 spiro atoms. The highest BCUT2D eigenvalue weighted by Gasteiger charge is 2.39. The Bertz CT molecular complexity index is 1050. The van der Waals surface area contributed by atoms with Crippen LogP contribution in [-0.4, -0.2) is 92.8 Å². The van der Waals surface area contributed by atoms with E-state index < -0.39 is 0 Å². The lowest BCUT2D eigenvalue weighted by atomic mass is 9.98. The van der Waals surface area contributed by atoms with Crippen LogP contribution in [0.25, 0.3) is 0 Å².